The van der Waals surface area contributed by atoms with E-state index in [1.807, 2.05) is 31.7 Å². The summed E-state index contributed by atoms with van der Waals surface area (Å²) in [6.07, 6.45) is 0.355. The minimum Gasteiger partial charge on any atom is -0.387 e. The van der Waals surface area contributed by atoms with Gasteiger partial charge in [0.1, 0.15) is 11.7 Å². The molecule has 1 heterocycles. The third-order valence-corrected chi connectivity index (χ3v) is 2.44. The Labute approximate surface area is 101 Å². The molecule has 0 aliphatic carbocycles. The minimum atomic E-state index is 0.355. The molecule has 94 valence electrons. The van der Waals surface area contributed by atoms with Gasteiger partial charge in [0, 0.05) is 24.8 Å². The van der Waals surface area contributed by atoms with Gasteiger partial charge in [-0.15, -0.1) is 0 Å². The van der Waals surface area contributed by atoms with E-state index in [4.69, 9.17) is 11.1 Å². The van der Waals surface area contributed by atoms with Gasteiger partial charge in [0.2, 0.25) is 0 Å². The van der Waals surface area contributed by atoms with Gasteiger partial charge in [-0.25, -0.2) is 4.99 Å². The molecule has 0 unspecified atom stereocenters. The number of aryl methyl sites for hydroxylation is 1. The second kappa shape index (κ2) is 6.03. The summed E-state index contributed by atoms with van der Waals surface area (Å²) in [5, 5.41) is 14.7. The number of hydrogen-bond acceptors (Lipinski definition) is 3. The fraction of sp³-hybridized carbons (Fsp3) is 0.545. The highest BCUT2D eigenvalue weighted by molar-refractivity contribution is 6.01. The molecule has 1 rings (SSSR count). The normalized spacial score (nSPS) is 11.6. The van der Waals surface area contributed by atoms with Crippen LogP contribution >= 0.6 is 0 Å². The van der Waals surface area contributed by atoms with Crippen molar-refractivity contribution in [2.45, 2.75) is 27.2 Å². The second-order valence-corrected chi connectivity index (χ2v) is 3.81. The van der Waals surface area contributed by atoms with Crippen molar-refractivity contribution in [3.63, 3.8) is 0 Å². The zero-order chi connectivity index (χ0) is 12.8. The topological polar surface area (TPSA) is 94.1 Å². The van der Waals surface area contributed by atoms with Gasteiger partial charge in [-0.2, -0.15) is 5.10 Å². The molecule has 6 heteroatoms. The number of aromatic amines is 1. The smallest absolute Gasteiger partial charge is 0.175 e. The summed E-state index contributed by atoms with van der Waals surface area (Å²) in [4.78, 5) is 6.10. The van der Waals surface area contributed by atoms with E-state index in [0.717, 1.165) is 18.8 Å². The molecule has 0 spiro atoms. The Balaban J connectivity index is 2.62. The van der Waals surface area contributed by atoms with Crippen LogP contribution in [0, 0.1) is 12.3 Å². The molecule has 0 atom stereocenters. The Morgan fingerprint density at radius 3 is 2.65 bits per heavy atom. The lowest BCUT2D eigenvalue weighted by atomic mass is 10.3. The van der Waals surface area contributed by atoms with Crippen molar-refractivity contribution in [2.24, 2.45) is 10.7 Å². The average Bonchev–Trinajstić information content (AvgIpc) is 2.65. The van der Waals surface area contributed by atoms with Crippen LogP contribution in [0.25, 0.3) is 0 Å². The van der Waals surface area contributed by atoms with Crippen molar-refractivity contribution in [2.75, 3.05) is 13.1 Å². The molecule has 0 radical (unpaired) electrons. The van der Waals surface area contributed by atoms with Crippen LogP contribution in [0.15, 0.2) is 11.1 Å². The van der Waals surface area contributed by atoms with Crippen molar-refractivity contribution < 1.29 is 0 Å². The van der Waals surface area contributed by atoms with Crippen molar-refractivity contribution in [3.8, 4) is 0 Å². The third kappa shape index (κ3) is 3.90. The number of amidine groups is 2. The number of nitrogens with one attached hydrogen (secondary N) is 2. The zero-order valence-corrected chi connectivity index (χ0v) is 10.6. The van der Waals surface area contributed by atoms with Gasteiger partial charge in [0.15, 0.2) is 5.82 Å². The van der Waals surface area contributed by atoms with Gasteiger partial charge in [-0.05, 0) is 20.8 Å². The molecule has 17 heavy (non-hydrogen) atoms. The van der Waals surface area contributed by atoms with Crippen LogP contribution in [-0.4, -0.2) is 39.9 Å². The summed E-state index contributed by atoms with van der Waals surface area (Å²) >= 11 is 0. The largest absolute Gasteiger partial charge is 0.387 e. The summed E-state index contributed by atoms with van der Waals surface area (Å²) in [6.45, 7) is 7.55. The van der Waals surface area contributed by atoms with Crippen LogP contribution in [0.1, 0.15) is 26.0 Å². The van der Waals surface area contributed by atoms with E-state index in [0.29, 0.717) is 23.9 Å². The van der Waals surface area contributed by atoms with Gasteiger partial charge >= 0.3 is 0 Å². The molecular formula is C11H20N6. The lowest BCUT2D eigenvalue weighted by molar-refractivity contribution is 0.457. The first kappa shape index (κ1) is 13.2. The number of nitrogens with zero attached hydrogens (tertiary/aromatic N) is 3. The van der Waals surface area contributed by atoms with Crippen LogP contribution in [0.4, 0.5) is 5.82 Å². The van der Waals surface area contributed by atoms with Crippen molar-refractivity contribution in [3.05, 3.63) is 11.8 Å². The lowest BCUT2D eigenvalue weighted by Crippen LogP contribution is -2.33. The number of hydrogen-bond donors (Lipinski definition) is 3. The van der Waals surface area contributed by atoms with E-state index in [1.54, 1.807) is 0 Å². The van der Waals surface area contributed by atoms with Gasteiger partial charge in [-0.3, -0.25) is 10.5 Å². The van der Waals surface area contributed by atoms with E-state index in [9.17, 15) is 0 Å². The molecule has 0 aromatic carbocycles. The monoisotopic (exact) mass is 236 g/mol. The molecule has 0 aliphatic heterocycles. The highest BCUT2D eigenvalue weighted by Crippen LogP contribution is 2.08. The molecule has 0 amide bonds. The van der Waals surface area contributed by atoms with E-state index in [2.05, 4.69) is 15.2 Å². The van der Waals surface area contributed by atoms with E-state index in [-0.39, 0.29) is 0 Å². The molecule has 0 bridgehead atoms. The lowest BCUT2D eigenvalue weighted by Gasteiger charge is -2.21. The summed E-state index contributed by atoms with van der Waals surface area (Å²) in [6, 6.07) is 1.81. The fourth-order valence-corrected chi connectivity index (χ4v) is 1.54. The molecular weight excluding hydrogens is 216 g/mol. The molecule has 0 saturated carbocycles. The first-order valence-corrected chi connectivity index (χ1v) is 5.74. The van der Waals surface area contributed by atoms with E-state index >= 15 is 0 Å². The maximum Gasteiger partial charge on any atom is 0.175 e. The van der Waals surface area contributed by atoms with E-state index in [1.165, 1.54) is 0 Å². The summed E-state index contributed by atoms with van der Waals surface area (Å²) in [5.74, 6) is 1.46. The van der Waals surface area contributed by atoms with Crippen molar-refractivity contribution in [1.29, 1.82) is 5.41 Å². The predicted octanol–water partition coefficient (Wildman–Crippen LogP) is 1.42. The summed E-state index contributed by atoms with van der Waals surface area (Å²) < 4.78 is 0. The molecule has 4 N–H and O–H groups in total. The first-order valence-electron chi connectivity index (χ1n) is 5.74. The van der Waals surface area contributed by atoms with Gasteiger partial charge in [-0.1, -0.05) is 0 Å². The fourth-order valence-electron chi connectivity index (χ4n) is 1.54. The third-order valence-electron chi connectivity index (χ3n) is 2.44. The Morgan fingerprint density at radius 2 is 2.18 bits per heavy atom. The quantitative estimate of drug-likeness (QED) is 0.533. The highest BCUT2D eigenvalue weighted by atomic mass is 15.2. The van der Waals surface area contributed by atoms with Crippen LogP contribution in [0.3, 0.4) is 0 Å². The van der Waals surface area contributed by atoms with Crippen molar-refractivity contribution >= 4 is 17.5 Å². The minimum absolute atomic E-state index is 0.355. The highest BCUT2D eigenvalue weighted by Gasteiger charge is 2.07. The molecule has 1 aromatic heterocycles. The molecule has 0 fully saturated rings. The zero-order valence-electron chi connectivity index (χ0n) is 10.6. The van der Waals surface area contributed by atoms with E-state index < -0.39 is 0 Å². The molecule has 0 saturated heterocycles. The van der Waals surface area contributed by atoms with Crippen LogP contribution in [-0.2, 0) is 0 Å². The Morgan fingerprint density at radius 1 is 1.53 bits per heavy atom. The van der Waals surface area contributed by atoms with Crippen molar-refractivity contribution in [1.82, 2.24) is 15.1 Å². The Hall–Kier alpha value is -1.85. The number of H-pyrrole nitrogens is 1. The van der Waals surface area contributed by atoms with Gasteiger partial charge in [0.25, 0.3) is 0 Å². The summed E-state index contributed by atoms with van der Waals surface area (Å²) in [5.41, 5.74) is 6.73. The molecule has 0 aliphatic rings. The SMILES string of the molecule is CCN(CC)C(=N)CC(N)=Nc1cc(C)[nH]n1. The number of nitrogens with two attached hydrogens (primary N) is 1. The Kier molecular flexibility index (Phi) is 4.68. The number of aromatic nitrogens is 2. The second-order valence-electron chi connectivity index (χ2n) is 3.81. The summed E-state index contributed by atoms with van der Waals surface area (Å²) in [7, 11) is 0. The van der Waals surface area contributed by atoms with Crippen LogP contribution in [0.2, 0.25) is 0 Å². The van der Waals surface area contributed by atoms with Crippen LogP contribution < -0.4 is 5.73 Å². The van der Waals surface area contributed by atoms with Gasteiger partial charge in [0.05, 0.1) is 6.42 Å². The number of rotatable bonds is 5. The standard InChI is InChI=1S/C11H20N6/c1-4-17(5-2)10(13)7-9(12)14-11-6-8(3)15-16-11/h6,13H,4-5,7H2,1-3H3,(H3,12,14,15,16). The van der Waals surface area contributed by atoms with Crippen LogP contribution in [0.5, 0.6) is 0 Å². The average molecular weight is 236 g/mol. The molecule has 1 aromatic rings. The first-order chi connectivity index (χ1) is 8.06. The molecule has 6 nitrogen and oxygen atoms in total. The maximum absolute atomic E-state index is 7.88. The Bertz CT molecular complexity index is 402. The predicted molar refractivity (Wildman–Crippen MR) is 69.9 cm³/mol. The van der Waals surface area contributed by atoms with Gasteiger partial charge < -0.3 is 10.6 Å². The number of aliphatic imine (C=N–C) groups is 1. The maximum atomic E-state index is 7.88.